The first-order chi connectivity index (χ1) is 23.7. The summed E-state index contributed by atoms with van der Waals surface area (Å²) in [5, 5.41) is 22.8. The Morgan fingerprint density at radius 3 is 1.15 bits per heavy atom. The number of aliphatic hydroxyl groups excluding tert-OH is 2. The van der Waals surface area contributed by atoms with Crippen LogP contribution in [0, 0.1) is 0 Å². The Kier molecular flexibility index (Phi) is 39.4. The van der Waals surface area contributed by atoms with Crippen LogP contribution in [-0.2, 0) is 4.79 Å². The van der Waals surface area contributed by atoms with Crippen LogP contribution in [0.15, 0.2) is 24.3 Å². The third-order valence-corrected chi connectivity index (χ3v) is 9.93. The molecule has 0 aliphatic heterocycles. The van der Waals surface area contributed by atoms with Gasteiger partial charge in [-0.2, -0.15) is 0 Å². The minimum atomic E-state index is -0.833. The van der Waals surface area contributed by atoms with E-state index >= 15 is 0 Å². The number of rotatable bonds is 39. The number of nitrogens with one attached hydrogen (secondary N) is 1. The second-order valence-electron chi connectivity index (χ2n) is 14.8. The van der Waals surface area contributed by atoms with E-state index in [1.54, 1.807) is 6.08 Å². The smallest absolute Gasteiger partial charge is 0.220 e. The van der Waals surface area contributed by atoms with Crippen molar-refractivity contribution < 1.29 is 15.0 Å². The van der Waals surface area contributed by atoms with Gasteiger partial charge < -0.3 is 15.5 Å². The van der Waals surface area contributed by atoms with Gasteiger partial charge >= 0.3 is 0 Å². The third kappa shape index (κ3) is 36.2. The van der Waals surface area contributed by atoms with Crippen LogP contribution in [0.4, 0.5) is 0 Å². The molecule has 0 saturated heterocycles. The molecule has 1 amide bonds. The van der Waals surface area contributed by atoms with Crippen molar-refractivity contribution in [2.24, 2.45) is 0 Å². The highest BCUT2D eigenvalue weighted by Crippen LogP contribution is 2.15. The van der Waals surface area contributed by atoms with E-state index in [4.69, 9.17) is 0 Å². The molecule has 0 spiro atoms. The number of unbranched alkanes of at least 4 members (excludes halogenated alkanes) is 30. The average Bonchev–Trinajstić information content (AvgIpc) is 3.09. The van der Waals surface area contributed by atoms with Gasteiger partial charge in [-0.1, -0.05) is 205 Å². The van der Waals surface area contributed by atoms with E-state index in [2.05, 4.69) is 31.3 Å². The maximum absolute atomic E-state index is 12.3. The topological polar surface area (TPSA) is 69.6 Å². The van der Waals surface area contributed by atoms with Gasteiger partial charge in [-0.15, -0.1) is 0 Å². The summed E-state index contributed by atoms with van der Waals surface area (Å²) in [7, 11) is 0. The molecule has 0 saturated carbocycles. The Bertz CT molecular complexity index is 691. The van der Waals surface area contributed by atoms with Crippen LogP contribution in [0.3, 0.4) is 0 Å². The summed E-state index contributed by atoms with van der Waals surface area (Å²) in [6.07, 6.45) is 51.6. The standard InChI is InChI=1S/C44H85NO3/c1-3-5-7-9-11-13-14-15-16-17-18-19-20-21-22-23-24-25-26-27-28-29-30-32-34-36-38-40-44(48)45-42(41-46)43(47)39-37-35-33-31-12-10-8-6-4-2/h17-18,37,39,42-43,46-47H,3-16,19-36,38,40-41H2,1-2H3,(H,45,48)/b18-17-,39-37+. The molecule has 0 aromatic carbocycles. The quantitative estimate of drug-likeness (QED) is 0.0448. The fraction of sp³-hybridized carbons (Fsp3) is 0.886. The van der Waals surface area contributed by atoms with Gasteiger partial charge in [-0.05, 0) is 44.9 Å². The van der Waals surface area contributed by atoms with Crippen LogP contribution in [0.1, 0.15) is 232 Å². The zero-order chi connectivity index (χ0) is 35.0. The SMILES string of the molecule is CCCCCCCCC/C=C/C(O)C(CO)NC(=O)CCCCCCCCCCCCCCCCC/C=C\CCCCCCCCCC. The molecule has 0 radical (unpaired) electrons. The summed E-state index contributed by atoms with van der Waals surface area (Å²) >= 11 is 0. The van der Waals surface area contributed by atoms with Crippen LogP contribution >= 0.6 is 0 Å². The molecular formula is C44H85NO3. The Morgan fingerprint density at radius 2 is 0.792 bits per heavy atom. The number of carbonyl (C=O) groups excluding carboxylic acids is 1. The number of aliphatic hydroxyl groups is 2. The van der Waals surface area contributed by atoms with Crippen LogP contribution in [0.5, 0.6) is 0 Å². The van der Waals surface area contributed by atoms with Crippen molar-refractivity contribution in [1.29, 1.82) is 0 Å². The first-order valence-corrected chi connectivity index (χ1v) is 21.6. The molecule has 3 N–H and O–H groups in total. The van der Waals surface area contributed by atoms with Crippen molar-refractivity contribution in [3.8, 4) is 0 Å². The van der Waals surface area contributed by atoms with Crippen LogP contribution in [-0.4, -0.2) is 34.9 Å². The molecule has 0 bridgehead atoms. The summed E-state index contributed by atoms with van der Waals surface area (Å²) in [5.74, 6) is -0.0645. The lowest BCUT2D eigenvalue weighted by Crippen LogP contribution is -2.45. The maximum atomic E-state index is 12.3. The minimum Gasteiger partial charge on any atom is -0.394 e. The monoisotopic (exact) mass is 676 g/mol. The number of allylic oxidation sites excluding steroid dienone is 3. The van der Waals surface area contributed by atoms with E-state index < -0.39 is 12.1 Å². The molecule has 2 atom stereocenters. The highest BCUT2D eigenvalue weighted by atomic mass is 16.3. The summed E-state index contributed by atoms with van der Waals surface area (Å²) in [4.78, 5) is 12.3. The molecule has 4 heteroatoms. The zero-order valence-electron chi connectivity index (χ0n) is 32.5. The Morgan fingerprint density at radius 1 is 0.479 bits per heavy atom. The molecule has 0 aromatic rings. The van der Waals surface area contributed by atoms with Crippen molar-refractivity contribution in [3.05, 3.63) is 24.3 Å². The van der Waals surface area contributed by atoms with Crippen LogP contribution in [0.2, 0.25) is 0 Å². The lowest BCUT2D eigenvalue weighted by molar-refractivity contribution is -0.123. The maximum Gasteiger partial charge on any atom is 0.220 e. The molecular weight excluding hydrogens is 590 g/mol. The number of carbonyl (C=O) groups is 1. The minimum absolute atomic E-state index is 0.0645. The third-order valence-electron chi connectivity index (χ3n) is 9.93. The van der Waals surface area contributed by atoms with Gasteiger partial charge in [0.05, 0.1) is 18.8 Å². The van der Waals surface area contributed by atoms with Gasteiger partial charge in [-0.3, -0.25) is 4.79 Å². The van der Waals surface area contributed by atoms with Crippen LogP contribution < -0.4 is 5.32 Å². The highest BCUT2D eigenvalue weighted by Gasteiger charge is 2.17. The number of hydrogen-bond acceptors (Lipinski definition) is 3. The molecule has 0 aliphatic rings. The Balaban J connectivity index is 3.44. The van der Waals surface area contributed by atoms with E-state index in [9.17, 15) is 15.0 Å². The number of amides is 1. The van der Waals surface area contributed by atoms with Crippen molar-refractivity contribution in [3.63, 3.8) is 0 Å². The van der Waals surface area contributed by atoms with E-state index in [0.29, 0.717) is 6.42 Å². The van der Waals surface area contributed by atoms with E-state index in [-0.39, 0.29) is 12.5 Å². The van der Waals surface area contributed by atoms with Crippen LogP contribution in [0.25, 0.3) is 0 Å². The summed E-state index contributed by atoms with van der Waals surface area (Å²) < 4.78 is 0. The lowest BCUT2D eigenvalue weighted by Gasteiger charge is -2.20. The van der Waals surface area contributed by atoms with Gasteiger partial charge in [0.25, 0.3) is 0 Å². The van der Waals surface area contributed by atoms with Crippen molar-refractivity contribution in [2.45, 2.75) is 244 Å². The second-order valence-corrected chi connectivity index (χ2v) is 14.8. The van der Waals surface area contributed by atoms with Gasteiger partial charge in [0.2, 0.25) is 5.91 Å². The summed E-state index contributed by atoms with van der Waals surface area (Å²) in [5.41, 5.74) is 0. The Hall–Kier alpha value is -1.13. The van der Waals surface area contributed by atoms with Gasteiger partial charge in [0, 0.05) is 6.42 Å². The van der Waals surface area contributed by atoms with E-state index in [0.717, 1.165) is 25.7 Å². The van der Waals surface area contributed by atoms with E-state index in [1.807, 2.05) is 6.08 Å². The van der Waals surface area contributed by atoms with Gasteiger partial charge in [0.1, 0.15) is 0 Å². The molecule has 4 nitrogen and oxygen atoms in total. The summed E-state index contributed by atoms with van der Waals surface area (Å²) in [6, 6.07) is -0.616. The normalized spacial score (nSPS) is 13.2. The zero-order valence-corrected chi connectivity index (χ0v) is 32.5. The van der Waals surface area contributed by atoms with E-state index in [1.165, 1.54) is 186 Å². The molecule has 284 valence electrons. The van der Waals surface area contributed by atoms with Crippen molar-refractivity contribution >= 4 is 5.91 Å². The van der Waals surface area contributed by atoms with Gasteiger partial charge in [-0.25, -0.2) is 0 Å². The molecule has 0 fully saturated rings. The summed E-state index contributed by atoms with van der Waals surface area (Å²) in [6.45, 7) is 4.28. The first kappa shape index (κ1) is 46.9. The molecule has 0 aliphatic carbocycles. The fourth-order valence-electron chi connectivity index (χ4n) is 6.58. The van der Waals surface area contributed by atoms with Crippen molar-refractivity contribution in [2.75, 3.05) is 6.61 Å². The predicted octanol–water partition coefficient (Wildman–Crippen LogP) is 13.2. The highest BCUT2D eigenvalue weighted by molar-refractivity contribution is 5.76. The first-order valence-electron chi connectivity index (χ1n) is 21.6. The Labute approximate surface area is 300 Å². The molecule has 2 unspecified atom stereocenters. The van der Waals surface area contributed by atoms with Crippen molar-refractivity contribution in [1.82, 2.24) is 5.32 Å². The molecule has 48 heavy (non-hydrogen) atoms. The fourth-order valence-corrected chi connectivity index (χ4v) is 6.58. The predicted molar refractivity (Wildman–Crippen MR) is 212 cm³/mol. The molecule has 0 aromatic heterocycles. The number of hydrogen-bond donors (Lipinski definition) is 3. The lowest BCUT2D eigenvalue weighted by atomic mass is 10.0. The average molecular weight is 676 g/mol. The molecule has 0 heterocycles. The van der Waals surface area contributed by atoms with Gasteiger partial charge in [0.15, 0.2) is 0 Å². The largest absolute Gasteiger partial charge is 0.394 e. The second kappa shape index (κ2) is 40.3. The molecule has 0 rings (SSSR count).